The fourth-order valence-corrected chi connectivity index (χ4v) is 4.09. The number of rotatable bonds is 1. The Balaban J connectivity index is 1.82. The minimum Gasteiger partial charge on any atom is -0.346 e. The van der Waals surface area contributed by atoms with Gasteiger partial charge in [-0.15, -0.1) is 11.3 Å². The van der Waals surface area contributed by atoms with Gasteiger partial charge >= 0.3 is 0 Å². The summed E-state index contributed by atoms with van der Waals surface area (Å²) < 4.78 is 0. The van der Waals surface area contributed by atoms with Gasteiger partial charge in [0.1, 0.15) is 0 Å². The molecule has 3 rings (SSSR count). The number of thiazole rings is 1. The first-order valence-corrected chi connectivity index (χ1v) is 7.40. The van der Waals surface area contributed by atoms with E-state index in [1.807, 2.05) is 11.3 Å². The smallest absolute Gasteiger partial charge is 0.185 e. The quantitative estimate of drug-likeness (QED) is 0.828. The third kappa shape index (κ3) is 2.33. The summed E-state index contributed by atoms with van der Waals surface area (Å²) in [6.07, 6.45) is 3.67. The van der Waals surface area contributed by atoms with Gasteiger partial charge in [0.15, 0.2) is 5.13 Å². The SMILES string of the molecule is CC1(C)CCc2nc(N3CCNCC3)sc2C1. The van der Waals surface area contributed by atoms with Crippen LogP contribution in [-0.4, -0.2) is 31.2 Å². The average Bonchev–Trinajstić information content (AvgIpc) is 2.71. The van der Waals surface area contributed by atoms with Crippen molar-refractivity contribution in [3.63, 3.8) is 0 Å². The minimum atomic E-state index is 0.472. The predicted molar refractivity (Wildman–Crippen MR) is 73.0 cm³/mol. The van der Waals surface area contributed by atoms with E-state index in [0.29, 0.717) is 5.41 Å². The molecule has 0 atom stereocenters. The number of fused-ring (bicyclic) bond motifs is 1. The summed E-state index contributed by atoms with van der Waals surface area (Å²) in [6.45, 7) is 9.15. The monoisotopic (exact) mass is 251 g/mol. The molecule has 1 fully saturated rings. The van der Waals surface area contributed by atoms with Gasteiger partial charge in [0.25, 0.3) is 0 Å². The zero-order valence-electron chi connectivity index (χ0n) is 10.8. The molecule has 1 aliphatic carbocycles. The van der Waals surface area contributed by atoms with E-state index < -0.39 is 0 Å². The van der Waals surface area contributed by atoms with Crippen molar-refractivity contribution in [2.45, 2.75) is 33.1 Å². The van der Waals surface area contributed by atoms with Crippen molar-refractivity contribution < 1.29 is 0 Å². The number of piperazine rings is 1. The van der Waals surface area contributed by atoms with Crippen LogP contribution in [0.2, 0.25) is 0 Å². The first kappa shape index (κ1) is 11.5. The Labute approximate surface area is 107 Å². The molecule has 1 aromatic rings. The lowest BCUT2D eigenvalue weighted by molar-refractivity contribution is 0.316. The molecule has 0 bridgehead atoms. The molecule has 2 aliphatic rings. The van der Waals surface area contributed by atoms with Crippen LogP contribution in [0.1, 0.15) is 30.8 Å². The largest absolute Gasteiger partial charge is 0.346 e. The summed E-state index contributed by atoms with van der Waals surface area (Å²) in [5, 5.41) is 4.65. The molecular formula is C13H21N3S. The Hall–Kier alpha value is -0.610. The van der Waals surface area contributed by atoms with E-state index in [4.69, 9.17) is 4.98 Å². The molecule has 0 aromatic carbocycles. The molecule has 4 heteroatoms. The first-order chi connectivity index (χ1) is 8.14. The van der Waals surface area contributed by atoms with Crippen LogP contribution >= 0.6 is 11.3 Å². The molecule has 0 amide bonds. The predicted octanol–water partition coefficient (Wildman–Crippen LogP) is 2.07. The van der Waals surface area contributed by atoms with Gasteiger partial charge < -0.3 is 10.2 Å². The minimum absolute atomic E-state index is 0.472. The molecule has 1 N–H and O–H groups in total. The summed E-state index contributed by atoms with van der Waals surface area (Å²) in [5.74, 6) is 0. The molecule has 1 aromatic heterocycles. The Morgan fingerprint density at radius 1 is 1.29 bits per heavy atom. The van der Waals surface area contributed by atoms with Gasteiger partial charge in [-0.05, 0) is 24.7 Å². The van der Waals surface area contributed by atoms with Crippen molar-refractivity contribution in [1.82, 2.24) is 10.3 Å². The molecule has 1 saturated heterocycles. The van der Waals surface area contributed by atoms with E-state index in [-0.39, 0.29) is 0 Å². The zero-order valence-corrected chi connectivity index (χ0v) is 11.6. The molecular weight excluding hydrogens is 230 g/mol. The van der Waals surface area contributed by atoms with Crippen molar-refractivity contribution in [2.75, 3.05) is 31.1 Å². The lowest BCUT2D eigenvalue weighted by atomic mass is 9.79. The second-order valence-corrected chi connectivity index (χ2v) is 7.01. The molecule has 17 heavy (non-hydrogen) atoms. The topological polar surface area (TPSA) is 28.2 Å². The van der Waals surface area contributed by atoms with E-state index >= 15 is 0 Å². The number of aromatic nitrogens is 1. The van der Waals surface area contributed by atoms with Gasteiger partial charge in [0.2, 0.25) is 0 Å². The standard InChI is InChI=1S/C13H21N3S/c1-13(2)4-3-10-11(9-13)17-12(15-10)16-7-5-14-6-8-16/h14H,3-9H2,1-2H3. The highest BCUT2D eigenvalue weighted by atomic mass is 32.1. The average molecular weight is 251 g/mol. The number of hydrogen-bond donors (Lipinski definition) is 1. The van der Waals surface area contributed by atoms with Crippen LogP contribution in [0.4, 0.5) is 5.13 Å². The van der Waals surface area contributed by atoms with Crippen molar-refractivity contribution in [3.05, 3.63) is 10.6 Å². The molecule has 0 spiro atoms. The molecule has 2 heterocycles. The molecule has 0 unspecified atom stereocenters. The fraction of sp³-hybridized carbons (Fsp3) is 0.769. The summed E-state index contributed by atoms with van der Waals surface area (Å²) in [5.41, 5.74) is 1.85. The maximum absolute atomic E-state index is 4.86. The third-order valence-electron chi connectivity index (χ3n) is 3.83. The van der Waals surface area contributed by atoms with Crippen LogP contribution < -0.4 is 10.2 Å². The number of aryl methyl sites for hydroxylation is 1. The van der Waals surface area contributed by atoms with E-state index in [1.54, 1.807) is 0 Å². The van der Waals surface area contributed by atoms with Crippen molar-refractivity contribution in [3.8, 4) is 0 Å². The second kappa shape index (κ2) is 4.25. The van der Waals surface area contributed by atoms with Gasteiger partial charge in [0, 0.05) is 31.1 Å². The van der Waals surface area contributed by atoms with Gasteiger partial charge in [-0.2, -0.15) is 0 Å². The third-order valence-corrected chi connectivity index (χ3v) is 4.99. The number of nitrogens with one attached hydrogen (secondary N) is 1. The molecule has 3 nitrogen and oxygen atoms in total. The van der Waals surface area contributed by atoms with E-state index in [0.717, 1.165) is 26.2 Å². The number of anilines is 1. The van der Waals surface area contributed by atoms with Crippen LogP contribution in [0, 0.1) is 5.41 Å². The van der Waals surface area contributed by atoms with Crippen LogP contribution in [0.5, 0.6) is 0 Å². The van der Waals surface area contributed by atoms with Gasteiger partial charge in [-0.1, -0.05) is 13.8 Å². The lowest BCUT2D eigenvalue weighted by Crippen LogP contribution is -2.43. The van der Waals surface area contributed by atoms with E-state index in [9.17, 15) is 0 Å². The normalized spacial score (nSPS) is 23.5. The summed E-state index contributed by atoms with van der Waals surface area (Å²) in [7, 11) is 0. The maximum atomic E-state index is 4.86. The summed E-state index contributed by atoms with van der Waals surface area (Å²) in [6, 6.07) is 0. The molecule has 0 saturated carbocycles. The van der Waals surface area contributed by atoms with Crippen LogP contribution in [0.25, 0.3) is 0 Å². The highest BCUT2D eigenvalue weighted by Crippen LogP contribution is 2.39. The zero-order chi connectivity index (χ0) is 11.9. The maximum Gasteiger partial charge on any atom is 0.185 e. The van der Waals surface area contributed by atoms with Gasteiger partial charge in [-0.25, -0.2) is 4.98 Å². The first-order valence-electron chi connectivity index (χ1n) is 6.58. The lowest BCUT2D eigenvalue weighted by Gasteiger charge is -2.28. The van der Waals surface area contributed by atoms with E-state index in [1.165, 1.54) is 35.0 Å². The summed E-state index contributed by atoms with van der Waals surface area (Å²) in [4.78, 5) is 8.83. The Morgan fingerprint density at radius 2 is 2.06 bits per heavy atom. The number of nitrogens with zero attached hydrogens (tertiary/aromatic N) is 2. The Bertz CT molecular complexity index is 405. The van der Waals surface area contributed by atoms with Crippen molar-refractivity contribution in [2.24, 2.45) is 5.41 Å². The van der Waals surface area contributed by atoms with Crippen molar-refractivity contribution >= 4 is 16.5 Å². The Kier molecular flexibility index (Phi) is 2.87. The highest BCUT2D eigenvalue weighted by molar-refractivity contribution is 7.15. The Morgan fingerprint density at radius 3 is 2.82 bits per heavy atom. The fourth-order valence-electron chi connectivity index (χ4n) is 2.67. The number of hydrogen-bond acceptors (Lipinski definition) is 4. The van der Waals surface area contributed by atoms with Crippen LogP contribution in [-0.2, 0) is 12.8 Å². The molecule has 0 radical (unpaired) electrons. The molecule has 1 aliphatic heterocycles. The molecule has 94 valence electrons. The second-order valence-electron chi connectivity index (χ2n) is 5.94. The van der Waals surface area contributed by atoms with Gasteiger partial charge in [0.05, 0.1) is 5.69 Å². The van der Waals surface area contributed by atoms with Crippen molar-refractivity contribution in [1.29, 1.82) is 0 Å². The highest BCUT2D eigenvalue weighted by Gasteiger charge is 2.29. The summed E-state index contributed by atoms with van der Waals surface area (Å²) >= 11 is 1.93. The van der Waals surface area contributed by atoms with Crippen LogP contribution in [0.3, 0.4) is 0 Å². The van der Waals surface area contributed by atoms with Crippen LogP contribution in [0.15, 0.2) is 0 Å². The van der Waals surface area contributed by atoms with E-state index in [2.05, 4.69) is 24.1 Å². The van der Waals surface area contributed by atoms with Gasteiger partial charge in [-0.3, -0.25) is 0 Å².